The van der Waals surface area contributed by atoms with E-state index in [-0.39, 0.29) is 35.9 Å². The Balaban J connectivity index is 1.60. The molecule has 0 radical (unpaired) electrons. The van der Waals surface area contributed by atoms with Crippen LogP contribution in [0.4, 0.5) is 0 Å². The second-order valence-corrected chi connectivity index (χ2v) is 11.5. The summed E-state index contributed by atoms with van der Waals surface area (Å²) in [5.74, 6) is 1.10. The predicted molar refractivity (Wildman–Crippen MR) is 128 cm³/mol. The molecule has 3 heterocycles. The van der Waals surface area contributed by atoms with Gasteiger partial charge < -0.3 is 14.2 Å². The first kappa shape index (κ1) is 24.9. The molecule has 0 amide bonds. The summed E-state index contributed by atoms with van der Waals surface area (Å²) >= 11 is 0. The molecular formula is C28H44O5. The van der Waals surface area contributed by atoms with Crippen molar-refractivity contribution in [2.24, 2.45) is 29.6 Å². The molecule has 0 spiro atoms. The first-order valence-electron chi connectivity index (χ1n) is 13.4. The Hall–Kier alpha value is -1.20. The molecule has 0 N–H and O–H groups in total. The zero-order valence-corrected chi connectivity index (χ0v) is 21.3. The summed E-state index contributed by atoms with van der Waals surface area (Å²) in [6.45, 7) is 11.3. The van der Waals surface area contributed by atoms with E-state index in [2.05, 4.69) is 40.7 Å². The monoisotopic (exact) mass is 460 g/mol. The third-order valence-electron chi connectivity index (χ3n) is 8.97. The highest BCUT2D eigenvalue weighted by atomic mass is 16.6. The lowest BCUT2D eigenvalue weighted by atomic mass is 9.60. The number of ketones is 1. The van der Waals surface area contributed by atoms with E-state index >= 15 is 0 Å². The second kappa shape index (κ2) is 10.2. The smallest absolute Gasteiger partial charge is 0.306 e. The van der Waals surface area contributed by atoms with Crippen molar-refractivity contribution in [3.05, 3.63) is 11.6 Å². The minimum Gasteiger partial charge on any atom is -0.459 e. The van der Waals surface area contributed by atoms with Gasteiger partial charge in [-0.1, -0.05) is 58.1 Å². The van der Waals surface area contributed by atoms with Crippen molar-refractivity contribution in [1.29, 1.82) is 0 Å². The van der Waals surface area contributed by atoms with Gasteiger partial charge in [-0.2, -0.15) is 0 Å². The molecule has 3 unspecified atom stereocenters. The van der Waals surface area contributed by atoms with E-state index in [1.807, 2.05) is 0 Å². The van der Waals surface area contributed by atoms with Crippen molar-refractivity contribution >= 4 is 11.8 Å². The summed E-state index contributed by atoms with van der Waals surface area (Å²) in [6.07, 6.45) is 9.73. The van der Waals surface area contributed by atoms with E-state index in [9.17, 15) is 9.59 Å². The van der Waals surface area contributed by atoms with Crippen LogP contribution in [0.5, 0.6) is 0 Å². The van der Waals surface area contributed by atoms with Gasteiger partial charge in [0.1, 0.15) is 17.5 Å². The van der Waals surface area contributed by atoms with Gasteiger partial charge in [0.15, 0.2) is 0 Å². The zero-order valence-electron chi connectivity index (χ0n) is 21.3. The van der Waals surface area contributed by atoms with Crippen LogP contribution < -0.4 is 0 Å². The van der Waals surface area contributed by atoms with Crippen LogP contribution in [0.1, 0.15) is 92.4 Å². The number of hydrogen-bond donors (Lipinski definition) is 0. The zero-order chi connectivity index (χ0) is 23.8. The molecule has 4 aliphatic rings. The van der Waals surface area contributed by atoms with E-state index in [0.717, 1.165) is 25.7 Å². The lowest BCUT2D eigenvalue weighted by Gasteiger charge is -2.44. The molecule has 3 fully saturated rings. The molecule has 0 aromatic carbocycles. The van der Waals surface area contributed by atoms with Gasteiger partial charge in [-0.05, 0) is 44.9 Å². The molecule has 33 heavy (non-hydrogen) atoms. The van der Waals surface area contributed by atoms with Crippen molar-refractivity contribution in [1.82, 2.24) is 0 Å². The molecular weight excluding hydrogens is 416 g/mol. The molecule has 3 aliphatic heterocycles. The number of rotatable bonds is 7. The average Bonchev–Trinajstić information content (AvgIpc) is 3.13. The molecule has 9 atom stereocenters. The molecule has 4 rings (SSSR count). The first-order valence-corrected chi connectivity index (χ1v) is 13.4. The Labute approximate surface area is 200 Å². The van der Waals surface area contributed by atoms with Crippen LogP contribution in [0.3, 0.4) is 0 Å². The van der Waals surface area contributed by atoms with Gasteiger partial charge in [0.25, 0.3) is 0 Å². The number of fused-ring (bicyclic) bond motifs is 2. The van der Waals surface area contributed by atoms with Crippen LogP contribution in [0, 0.1) is 29.6 Å². The Bertz CT molecular complexity index is 759. The molecule has 2 saturated heterocycles. The van der Waals surface area contributed by atoms with Crippen molar-refractivity contribution in [3.63, 3.8) is 0 Å². The summed E-state index contributed by atoms with van der Waals surface area (Å²) in [5, 5.41) is 0. The van der Waals surface area contributed by atoms with Gasteiger partial charge in [0.2, 0.25) is 0 Å². The second-order valence-electron chi connectivity index (χ2n) is 11.5. The Morgan fingerprint density at radius 2 is 1.97 bits per heavy atom. The van der Waals surface area contributed by atoms with E-state index in [4.69, 9.17) is 14.2 Å². The Morgan fingerprint density at radius 3 is 2.73 bits per heavy atom. The Morgan fingerprint density at radius 1 is 1.21 bits per heavy atom. The summed E-state index contributed by atoms with van der Waals surface area (Å²) in [5.41, 5.74) is 0.458. The Kier molecular flexibility index (Phi) is 7.69. The van der Waals surface area contributed by atoms with E-state index in [0.29, 0.717) is 37.1 Å². The fraction of sp³-hybridized carbons (Fsp3) is 0.857. The van der Waals surface area contributed by atoms with Crippen LogP contribution in [-0.4, -0.2) is 42.3 Å². The minimum atomic E-state index is -0.749. The lowest BCUT2D eigenvalue weighted by Crippen LogP contribution is -2.56. The number of unbranched alkanes of at least 4 members (excludes halogenated alkanes) is 4. The van der Waals surface area contributed by atoms with Gasteiger partial charge in [-0.15, -0.1) is 0 Å². The van der Waals surface area contributed by atoms with Crippen molar-refractivity contribution in [2.45, 2.75) is 116 Å². The first-order chi connectivity index (χ1) is 15.8. The highest BCUT2D eigenvalue weighted by Crippen LogP contribution is 2.55. The van der Waals surface area contributed by atoms with Crippen molar-refractivity contribution in [3.8, 4) is 0 Å². The topological polar surface area (TPSA) is 61.8 Å². The number of carbonyl (C=O) groups is 2. The number of carbonyl (C=O) groups excluding carboxylic acids is 2. The molecule has 0 aromatic heterocycles. The molecule has 186 valence electrons. The number of Topliss-reactive ketones (excluding diaryl/α,β-unsaturated/α-hetero) is 1. The van der Waals surface area contributed by atoms with E-state index in [1.165, 1.54) is 24.8 Å². The predicted octanol–water partition coefficient (Wildman–Crippen LogP) is 5.65. The molecule has 2 bridgehead atoms. The minimum absolute atomic E-state index is 0.0708. The molecule has 5 heteroatoms. The van der Waals surface area contributed by atoms with Gasteiger partial charge in [-0.3, -0.25) is 9.59 Å². The molecule has 5 nitrogen and oxygen atoms in total. The maximum Gasteiger partial charge on any atom is 0.306 e. The van der Waals surface area contributed by atoms with Crippen LogP contribution in [0.25, 0.3) is 0 Å². The van der Waals surface area contributed by atoms with Crippen molar-refractivity contribution in [2.75, 3.05) is 6.61 Å². The quantitative estimate of drug-likeness (QED) is 0.279. The molecule has 1 aliphatic carbocycles. The number of esters is 1. The van der Waals surface area contributed by atoms with Gasteiger partial charge >= 0.3 is 5.97 Å². The number of ether oxygens (including phenoxy) is 3. The lowest BCUT2D eigenvalue weighted by molar-refractivity contribution is -0.202. The molecule has 0 aromatic rings. The average molecular weight is 461 g/mol. The highest BCUT2D eigenvalue weighted by Gasteiger charge is 2.64. The standard InChI is InChI=1S/C28H44O5/c1-6-7-8-9-10-11-23(29)33-22-13-12-17(2)14-21-25-24-20(15-18(3)26(25)30)19(4)16-31-28(22,5)27(24)32-21/h12,18-22,24-25,27H,6-11,13-16H2,1-5H3/b17-12+/t18-,19+,20?,21?,22-,24+,25+,27?,28+/m1/s1. The fourth-order valence-electron chi connectivity index (χ4n) is 6.97. The summed E-state index contributed by atoms with van der Waals surface area (Å²) in [7, 11) is 0. The van der Waals surface area contributed by atoms with Crippen LogP contribution in [0.15, 0.2) is 11.6 Å². The largest absolute Gasteiger partial charge is 0.459 e. The van der Waals surface area contributed by atoms with Crippen molar-refractivity contribution < 1.29 is 23.8 Å². The van der Waals surface area contributed by atoms with Gasteiger partial charge in [0, 0.05) is 24.7 Å². The maximum absolute atomic E-state index is 13.4. The molecule has 1 saturated carbocycles. The normalized spacial score (nSPS) is 44.2. The van der Waals surface area contributed by atoms with Gasteiger partial charge in [-0.25, -0.2) is 0 Å². The van der Waals surface area contributed by atoms with Crippen LogP contribution in [-0.2, 0) is 23.8 Å². The SMILES string of the molecule is CCCCCCCC(=O)O[C@@H]1C/C=C(\C)CC2OC3[C@H]4C(C[C@@H](C)C(=O)[C@@H]24)[C@@H](C)CO[C@]31C. The summed E-state index contributed by atoms with van der Waals surface area (Å²) < 4.78 is 19.5. The third kappa shape index (κ3) is 4.82. The maximum atomic E-state index is 13.4. The summed E-state index contributed by atoms with van der Waals surface area (Å²) in [6, 6.07) is 0. The van der Waals surface area contributed by atoms with Crippen LogP contribution in [0.2, 0.25) is 0 Å². The third-order valence-corrected chi connectivity index (χ3v) is 8.97. The summed E-state index contributed by atoms with van der Waals surface area (Å²) in [4.78, 5) is 26.3. The van der Waals surface area contributed by atoms with E-state index < -0.39 is 11.7 Å². The van der Waals surface area contributed by atoms with E-state index in [1.54, 1.807) is 0 Å². The number of hydrogen-bond acceptors (Lipinski definition) is 5. The highest BCUT2D eigenvalue weighted by molar-refractivity contribution is 5.85. The van der Waals surface area contributed by atoms with Gasteiger partial charge in [0.05, 0.1) is 24.7 Å². The van der Waals surface area contributed by atoms with Crippen LogP contribution >= 0.6 is 0 Å². The fourth-order valence-corrected chi connectivity index (χ4v) is 6.97.